The monoisotopic (exact) mass is 392 g/mol. The van der Waals surface area contributed by atoms with Crippen LogP contribution in [0.4, 0.5) is 0 Å². The van der Waals surface area contributed by atoms with E-state index in [9.17, 15) is 9.59 Å². The molecule has 0 amide bonds. The second-order valence-corrected chi connectivity index (χ2v) is 5.83. The Morgan fingerprint density at radius 2 is 1.04 bits per heavy atom. The number of unbranched alkanes of at least 4 members (excludes halogenated alkanes) is 2. The number of carbonyl (C=O) groups excluding carboxylic acids is 2. The topological polar surface area (TPSA) is 89.5 Å². The van der Waals surface area contributed by atoms with Gasteiger partial charge in [-0.15, -0.1) is 0 Å². The summed E-state index contributed by atoms with van der Waals surface area (Å²) >= 11 is 0. The predicted octanol–water partition coefficient (Wildman–Crippen LogP) is 2.13. The molecule has 0 aromatic rings. The number of esters is 2. The van der Waals surface area contributed by atoms with Crippen LogP contribution in [0.2, 0.25) is 0 Å². The Balaban J connectivity index is 3.30. The minimum atomic E-state index is -0.284. The number of hydrogen-bond acceptors (Lipinski definition) is 8. The average Bonchev–Trinajstić information content (AvgIpc) is 2.66. The van der Waals surface area contributed by atoms with Crippen molar-refractivity contribution in [3.8, 4) is 0 Å². The fourth-order valence-electron chi connectivity index (χ4n) is 1.92. The Hall–Kier alpha value is -1.22. The molecular formula is C19H36O8. The summed E-state index contributed by atoms with van der Waals surface area (Å²) < 4.78 is 30.7. The molecule has 0 atom stereocenters. The van der Waals surface area contributed by atoms with Crippen LogP contribution in [0.3, 0.4) is 0 Å². The molecular weight excluding hydrogens is 356 g/mol. The highest BCUT2D eigenvalue weighted by molar-refractivity contribution is 5.70. The minimum absolute atomic E-state index is 0.230. The van der Waals surface area contributed by atoms with Crippen molar-refractivity contribution in [1.29, 1.82) is 0 Å². The number of carbonyl (C=O) groups is 2. The van der Waals surface area contributed by atoms with Gasteiger partial charge in [-0.2, -0.15) is 0 Å². The second kappa shape index (κ2) is 21.1. The molecule has 0 saturated heterocycles. The van der Waals surface area contributed by atoms with Crippen LogP contribution in [0.25, 0.3) is 0 Å². The van der Waals surface area contributed by atoms with Crippen LogP contribution in [-0.2, 0) is 38.0 Å². The maximum atomic E-state index is 11.5. The molecule has 0 aliphatic carbocycles. The SMILES string of the molecule is CCCCOCCOCCOC(=O)CCCCC(=O)OCCOCCOC. The van der Waals surface area contributed by atoms with Crippen molar-refractivity contribution >= 4 is 11.9 Å². The molecule has 8 nitrogen and oxygen atoms in total. The number of hydrogen-bond donors (Lipinski definition) is 0. The number of ether oxygens (including phenoxy) is 6. The van der Waals surface area contributed by atoms with Crippen molar-refractivity contribution in [3.63, 3.8) is 0 Å². The lowest BCUT2D eigenvalue weighted by Crippen LogP contribution is -2.13. The normalized spacial score (nSPS) is 10.7. The van der Waals surface area contributed by atoms with E-state index in [0.29, 0.717) is 52.5 Å². The molecule has 0 aliphatic rings. The summed E-state index contributed by atoms with van der Waals surface area (Å²) in [6.07, 6.45) is 3.91. The summed E-state index contributed by atoms with van der Waals surface area (Å²) in [6, 6.07) is 0. The maximum Gasteiger partial charge on any atom is 0.305 e. The molecule has 27 heavy (non-hydrogen) atoms. The molecule has 0 bridgehead atoms. The number of rotatable bonds is 20. The van der Waals surface area contributed by atoms with Crippen molar-refractivity contribution in [2.75, 3.05) is 66.6 Å². The van der Waals surface area contributed by atoms with E-state index in [1.807, 2.05) is 0 Å². The molecule has 160 valence electrons. The van der Waals surface area contributed by atoms with Gasteiger partial charge in [-0.25, -0.2) is 0 Å². The van der Waals surface area contributed by atoms with Crippen molar-refractivity contribution in [1.82, 2.24) is 0 Å². The molecule has 0 aromatic carbocycles. The van der Waals surface area contributed by atoms with E-state index in [1.54, 1.807) is 7.11 Å². The Morgan fingerprint density at radius 3 is 1.52 bits per heavy atom. The maximum absolute atomic E-state index is 11.5. The summed E-state index contributed by atoms with van der Waals surface area (Å²) in [5, 5.41) is 0. The standard InChI is InChI=1S/C19H36O8/c1-3-4-9-23-12-13-25-15-17-27-19(21)8-6-5-7-18(20)26-16-14-24-11-10-22-2/h3-17H2,1-2H3. The van der Waals surface area contributed by atoms with Gasteiger partial charge in [0.2, 0.25) is 0 Å². The third kappa shape index (κ3) is 20.9. The lowest BCUT2D eigenvalue weighted by molar-refractivity contribution is -0.147. The molecule has 0 radical (unpaired) electrons. The molecule has 0 spiro atoms. The lowest BCUT2D eigenvalue weighted by atomic mass is 10.2. The molecule has 0 heterocycles. The Kier molecular flexibility index (Phi) is 20.1. The van der Waals surface area contributed by atoms with Gasteiger partial charge >= 0.3 is 11.9 Å². The van der Waals surface area contributed by atoms with E-state index >= 15 is 0 Å². The van der Waals surface area contributed by atoms with Crippen LogP contribution < -0.4 is 0 Å². The quantitative estimate of drug-likeness (QED) is 0.230. The zero-order valence-electron chi connectivity index (χ0n) is 16.9. The molecule has 0 fully saturated rings. The largest absolute Gasteiger partial charge is 0.463 e. The molecule has 0 rings (SSSR count). The van der Waals surface area contributed by atoms with Gasteiger partial charge in [-0.3, -0.25) is 9.59 Å². The van der Waals surface area contributed by atoms with Gasteiger partial charge < -0.3 is 28.4 Å². The van der Waals surface area contributed by atoms with Gasteiger partial charge in [-0.05, 0) is 19.3 Å². The van der Waals surface area contributed by atoms with E-state index < -0.39 is 0 Å². The van der Waals surface area contributed by atoms with Crippen molar-refractivity contribution in [3.05, 3.63) is 0 Å². The van der Waals surface area contributed by atoms with Crippen LogP contribution in [-0.4, -0.2) is 78.5 Å². The molecule has 8 heteroatoms. The zero-order chi connectivity index (χ0) is 20.0. The predicted molar refractivity (Wildman–Crippen MR) is 99.6 cm³/mol. The third-order valence-electron chi connectivity index (χ3n) is 3.44. The van der Waals surface area contributed by atoms with E-state index in [2.05, 4.69) is 6.92 Å². The van der Waals surface area contributed by atoms with Gasteiger partial charge in [0, 0.05) is 26.6 Å². The van der Waals surface area contributed by atoms with Gasteiger partial charge in [0.1, 0.15) is 13.2 Å². The number of methoxy groups -OCH3 is 1. The highest BCUT2D eigenvalue weighted by Gasteiger charge is 2.06. The highest BCUT2D eigenvalue weighted by atomic mass is 16.6. The van der Waals surface area contributed by atoms with Crippen LogP contribution in [0.15, 0.2) is 0 Å². The molecule has 0 unspecified atom stereocenters. The molecule has 0 aromatic heterocycles. The van der Waals surface area contributed by atoms with Gasteiger partial charge in [0.25, 0.3) is 0 Å². The zero-order valence-corrected chi connectivity index (χ0v) is 16.9. The Bertz CT molecular complexity index is 349. The average molecular weight is 392 g/mol. The summed E-state index contributed by atoms with van der Waals surface area (Å²) in [6.45, 7) is 6.11. The molecule has 0 aliphatic heterocycles. The fraction of sp³-hybridized carbons (Fsp3) is 0.895. The summed E-state index contributed by atoms with van der Waals surface area (Å²) in [5.41, 5.74) is 0. The molecule has 0 N–H and O–H groups in total. The lowest BCUT2D eigenvalue weighted by Gasteiger charge is -2.07. The van der Waals surface area contributed by atoms with Crippen LogP contribution in [0.5, 0.6) is 0 Å². The third-order valence-corrected chi connectivity index (χ3v) is 3.44. The molecule has 0 saturated carbocycles. The summed E-state index contributed by atoms with van der Waals surface area (Å²) in [7, 11) is 1.60. The van der Waals surface area contributed by atoms with Gasteiger partial charge in [0.05, 0.1) is 39.6 Å². The smallest absolute Gasteiger partial charge is 0.305 e. The van der Waals surface area contributed by atoms with E-state index in [0.717, 1.165) is 19.4 Å². The van der Waals surface area contributed by atoms with E-state index in [-0.39, 0.29) is 38.0 Å². The first kappa shape index (κ1) is 25.8. The second-order valence-electron chi connectivity index (χ2n) is 5.83. The summed E-state index contributed by atoms with van der Waals surface area (Å²) in [5.74, 6) is -0.564. The van der Waals surface area contributed by atoms with Gasteiger partial charge in [0.15, 0.2) is 0 Å². The van der Waals surface area contributed by atoms with Crippen molar-refractivity contribution in [2.24, 2.45) is 0 Å². The first-order chi connectivity index (χ1) is 13.2. The Labute approximate surface area is 162 Å². The van der Waals surface area contributed by atoms with E-state index in [1.165, 1.54) is 0 Å². The fourth-order valence-corrected chi connectivity index (χ4v) is 1.92. The van der Waals surface area contributed by atoms with Crippen molar-refractivity contribution < 1.29 is 38.0 Å². The first-order valence-electron chi connectivity index (χ1n) is 9.74. The minimum Gasteiger partial charge on any atom is -0.463 e. The Morgan fingerprint density at radius 1 is 0.593 bits per heavy atom. The van der Waals surface area contributed by atoms with Crippen LogP contribution >= 0.6 is 0 Å². The van der Waals surface area contributed by atoms with Crippen LogP contribution in [0, 0.1) is 0 Å². The highest BCUT2D eigenvalue weighted by Crippen LogP contribution is 2.03. The van der Waals surface area contributed by atoms with Gasteiger partial charge in [-0.1, -0.05) is 13.3 Å². The first-order valence-corrected chi connectivity index (χ1v) is 9.74. The summed E-state index contributed by atoms with van der Waals surface area (Å²) in [4.78, 5) is 23.0. The van der Waals surface area contributed by atoms with Crippen molar-refractivity contribution in [2.45, 2.75) is 45.4 Å². The van der Waals surface area contributed by atoms with Crippen LogP contribution in [0.1, 0.15) is 45.4 Å². The van der Waals surface area contributed by atoms with E-state index in [4.69, 9.17) is 28.4 Å².